The fraction of sp³-hybridized carbons (Fsp3) is 0.500. The molecular weight excluding hydrogens is 360 g/mol. The summed E-state index contributed by atoms with van der Waals surface area (Å²) in [6.07, 6.45) is 2.34. The third-order valence-electron chi connectivity index (χ3n) is 4.91. The normalized spacial score (nSPS) is 19.0. The zero-order chi connectivity index (χ0) is 19.7. The van der Waals surface area contributed by atoms with E-state index in [1.54, 1.807) is 6.20 Å². The van der Waals surface area contributed by atoms with E-state index in [-0.39, 0.29) is 23.0 Å². The van der Waals surface area contributed by atoms with Gasteiger partial charge >= 0.3 is 0 Å². The van der Waals surface area contributed by atoms with Gasteiger partial charge in [0, 0.05) is 24.5 Å². The third-order valence-corrected chi connectivity index (χ3v) is 6.66. The van der Waals surface area contributed by atoms with E-state index in [4.69, 9.17) is 0 Å². The highest BCUT2D eigenvalue weighted by Gasteiger charge is 2.32. The molecule has 27 heavy (non-hydrogen) atoms. The molecule has 146 valence electrons. The summed E-state index contributed by atoms with van der Waals surface area (Å²) < 4.78 is 23.6. The standard InChI is InChI=1S/C20H28N4O2S/c1-5-24(17-11-13-27(25,26)14-17)19-21-12-10-18(23-19)22-16-8-6-15(7-9-16)20(2,3)4/h6-10,12,17H,5,11,13-14H2,1-4H3,(H,21,22,23). The van der Waals surface area contributed by atoms with Gasteiger partial charge in [-0.2, -0.15) is 4.98 Å². The Bertz CT molecular complexity index is 889. The molecule has 0 bridgehead atoms. The lowest BCUT2D eigenvalue weighted by atomic mass is 9.87. The lowest BCUT2D eigenvalue weighted by Crippen LogP contribution is -2.37. The smallest absolute Gasteiger partial charge is 0.227 e. The lowest BCUT2D eigenvalue weighted by Gasteiger charge is -2.27. The molecule has 7 heteroatoms. The fourth-order valence-corrected chi connectivity index (χ4v) is 5.07. The molecule has 1 unspecified atom stereocenters. The van der Waals surface area contributed by atoms with Crippen LogP contribution in [0.4, 0.5) is 17.5 Å². The number of anilines is 3. The second-order valence-corrected chi connectivity index (χ2v) is 10.3. The molecule has 0 aliphatic carbocycles. The topological polar surface area (TPSA) is 75.2 Å². The van der Waals surface area contributed by atoms with Crippen LogP contribution in [0.25, 0.3) is 0 Å². The summed E-state index contributed by atoms with van der Waals surface area (Å²) in [5.74, 6) is 1.68. The molecule has 1 aliphatic heterocycles. The first kappa shape index (κ1) is 19.6. The fourth-order valence-electron chi connectivity index (χ4n) is 3.34. The average molecular weight is 389 g/mol. The molecule has 1 fully saturated rings. The Kier molecular flexibility index (Phi) is 5.42. The largest absolute Gasteiger partial charge is 0.340 e. The van der Waals surface area contributed by atoms with Crippen molar-refractivity contribution in [3.8, 4) is 0 Å². The maximum atomic E-state index is 11.8. The van der Waals surface area contributed by atoms with Crippen LogP contribution in [0, 0.1) is 0 Å². The van der Waals surface area contributed by atoms with Gasteiger partial charge in [-0.1, -0.05) is 32.9 Å². The number of nitrogens with zero attached hydrogens (tertiary/aromatic N) is 3. The summed E-state index contributed by atoms with van der Waals surface area (Å²) in [6.45, 7) is 9.24. The number of benzene rings is 1. The molecule has 6 nitrogen and oxygen atoms in total. The predicted octanol–water partition coefficient (Wildman–Crippen LogP) is 3.53. The van der Waals surface area contributed by atoms with E-state index in [0.29, 0.717) is 24.7 Å². The van der Waals surface area contributed by atoms with Crippen molar-refractivity contribution in [2.45, 2.75) is 45.6 Å². The first-order chi connectivity index (χ1) is 12.7. The Morgan fingerprint density at radius 3 is 2.44 bits per heavy atom. The summed E-state index contributed by atoms with van der Waals surface area (Å²) >= 11 is 0. The molecule has 1 saturated heterocycles. The number of aromatic nitrogens is 2. The zero-order valence-electron chi connectivity index (χ0n) is 16.4. The van der Waals surface area contributed by atoms with Crippen LogP contribution in [0.5, 0.6) is 0 Å². The van der Waals surface area contributed by atoms with E-state index in [1.807, 2.05) is 30.0 Å². The SMILES string of the molecule is CCN(c1nccc(Nc2ccc(C(C)(C)C)cc2)n1)C1CCS(=O)(=O)C1. The lowest BCUT2D eigenvalue weighted by molar-refractivity contribution is 0.590. The molecule has 1 aliphatic rings. The van der Waals surface area contributed by atoms with Crippen LogP contribution in [0.15, 0.2) is 36.5 Å². The molecule has 0 saturated carbocycles. The van der Waals surface area contributed by atoms with Crippen molar-refractivity contribution in [2.75, 3.05) is 28.3 Å². The molecule has 2 aromatic rings. The van der Waals surface area contributed by atoms with E-state index >= 15 is 0 Å². The minimum Gasteiger partial charge on any atom is -0.340 e. The van der Waals surface area contributed by atoms with Crippen LogP contribution >= 0.6 is 0 Å². The minimum absolute atomic E-state index is 0.0543. The summed E-state index contributed by atoms with van der Waals surface area (Å²) in [4.78, 5) is 11.0. The van der Waals surface area contributed by atoms with E-state index < -0.39 is 9.84 Å². The monoisotopic (exact) mass is 388 g/mol. The van der Waals surface area contributed by atoms with Gasteiger partial charge in [-0.05, 0) is 42.5 Å². The van der Waals surface area contributed by atoms with Gasteiger partial charge in [0.25, 0.3) is 0 Å². The van der Waals surface area contributed by atoms with Gasteiger partial charge in [-0.15, -0.1) is 0 Å². The molecule has 2 heterocycles. The van der Waals surface area contributed by atoms with Gasteiger partial charge in [0.05, 0.1) is 11.5 Å². The van der Waals surface area contributed by atoms with Crippen molar-refractivity contribution in [2.24, 2.45) is 0 Å². The predicted molar refractivity (Wildman–Crippen MR) is 111 cm³/mol. The first-order valence-electron chi connectivity index (χ1n) is 9.35. The molecule has 1 aromatic heterocycles. The molecule has 1 aromatic carbocycles. The highest BCUT2D eigenvalue weighted by atomic mass is 32.2. The number of hydrogen-bond acceptors (Lipinski definition) is 6. The van der Waals surface area contributed by atoms with Crippen LogP contribution in [0.3, 0.4) is 0 Å². The van der Waals surface area contributed by atoms with Gasteiger partial charge < -0.3 is 10.2 Å². The third kappa shape index (κ3) is 4.77. The molecular formula is C20H28N4O2S. The highest BCUT2D eigenvalue weighted by Crippen LogP contribution is 2.26. The minimum atomic E-state index is -2.95. The Morgan fingerprint density at radius 1 is 1.19 bits per heavy atom. The summed E-state index contributed by atoms with van der Waals surface area (Å²) in [7, 11) is -2.95. The summed E-state index contributed by atoms with van der Waals surface area (Å²) in [5.41, 5.74) is 2.35. The molecule has 0 spiro atoms. The van der Waals surface area contributed by atoms with Crippen LogP contribution < -0.4 is 10.2 Å². The zero-order valence-corrected chi connectivity index (χ0v) is 17.3. The van der Waals surface area contributed by atoms with Gasteiger partial charge in [0.2, 0.25) is 5.95 Å². The molecule has 0 radical (unpaired) electrons. The first-order valence-corrected chi connectivity index (χ1v) is 11.2. The molecule has 1 N–H and O–H groups in total. The average Bonchev–Trinajstić information content (AvgIpc) is 2.95. The maximum absolute atomic E-state index is 11.8. The van der Waals surface area contributed by atoms with E-state index in [2.05, 4.69) is 48.2 Å². The van der Waals surface area contributed by atoms with Gasteiger partial charge in [0.1, 0.15) is 5.82 Å². The van der Waals surface area contributed by atoms with Crippen molar-refractivity contribution in [3.63, 3.8) is 0 Å². The number of rotatable bonds is 5. The maximum Gasteiger partial charge on any atom is 0.227 e. The van der Waals surface area contributed by atoms with E-state index in [1.165, 1.54) is 5.56 Å². The van der Waals surface area contributed by atoms with Crippen molar-refractivity contribution >= 4 is 27.3 Å². The van der Waals surface area contributed by atoms with Crippen molar-refractivity contribution in [1.82, 2.24) is 9.97 Å². The van der Waals surface area contributed by atoms with Crippen LogP contribution in [-0.4, -0.2) is 42.5 Å². The summed E-state index contributed by atoms with van der Waals surface area (Å²) in [6, 6.07) is 10.1. The molecule has 3 rings (SSSR count). The van der Waals surface area contributed by atoms with Gasteiger partial charge in [-0.25, -0.2) is 13.4 Å². The van der Waals surface area contributed by atoms with E-state index in [9.17, 15) is 8.42 Å². The van der Waals surface area contributed by atoms with Crippen molar-refractivity contribution in [1.29, 1.82) is 0 Å². The Labute approximate surface area is 162 Å². The van der Waals surface area contributed by atoms with Crippen molar-refractivity contribution in [3.05, 3.63) is 42.1 Å². The Morgan fingerprint density at radius 2 is 1.89 bits per heavy atom. The summed E-state index contributed by atoms with van der Waals surface area (Å²) in [5, 5.41) is 3.31. The van der Waals surface area contributed by atoms with Crippen molar-refractivity contribution < 1.29 is 8.42 Å². The second-order valence-electron chi connectivity index (χ2n) is 8.04. The highest BCUT2D eigenvalue weighted by molar-refractivity contribution is 7.91. The van der Waals surface area contributed by atoms with Crippen LogP contribution in [0.2, 0.25) is 0 Å². The number of nitrogens with one attached hydrogen (secondary N) is 1. The van der Waals surface area contributed by atoms with Gasteiger partial charge in [-0.3, -0.25) is 0 Å². The second kappa shape index (κ2) is 7.46. The Hall–Kier alpha value is -2.15. The number of hydrogen-bond donors (Lipinski definition) is 1. The Balaban J connectivity index is 1.77. The number of sulfone groups is 1. The molecule has 0 amide bonds. The van der Waals surface area contributed by atoms with Crippen LogP contribution in [0.1, 0.15) is 39.7 Å². The molecule has 1 atom stereocenters. The van der Waals surface area contributed by atoms with E-state index in [0.717, 1.165) is 5.69 Å². The quantitative estimate of drug-likeness (QED) is 0.844. The van der Waals surface area contributed by atoms with Crippen LogP contribution in [-0.2, 0) is 15.3 Å². The van der Waals surface area contributed by atoms with Gasteiger partial charge in [0.15, 0.2) is 9.84 Å².